The van der Waals surface area contributed by atoms with Crippen molar-refractivity contribution in [1.82, 2.24) is 25.3 Å². The maximum atomic E-state index is 4.52. The van der Waals surface area contributed by atoms with Gasteiger partial charge in [0.05, 0.1) is 5.69 Å². The zero-order chi connectivity index (χ0) is 19.9. The summed E-state index contributed by atoms with van der Waals surface area (Å²) in [6, 6.07) is 13.8. The lowest BCUT2D eigenvalue weighted by molar-refractivity contribution is 0.258. The monoisotopic (exact) mass is 510 g/mol. The second kappa shape index (κ2) is 11.5. The van der Waals surface area contributed by atoms with E-state index >= 15 is 0 Å². The lowest BCUT2D eigenvalue weighted by Crippen LogP contribution is -2.44. The van der Waals surface area contributed by atoms with E-state index in [-0.39, 0.29) is 24.0 Å². The highest BCUT2D eigenvalue weighted by molar-refractivity contribution is 14.0. The fraction of sp³-hybridized carbons (Fsp3) is 0.545. The zero-order valence-corrected chi connectivity index (χ0v) is 20.4. The summed E-state index contributed by atoms with van der Waals surface area (Å²) < 4.78 is 2.08. The van der Waals surface area contributed by atoms with Crippen LogP contribution in [0.1, 0.15) is 36.7 Å². The molecule has 0 bridgehead atoms. The molecule has 3 rings (SSSR count). The first-order valence-electron chi connectivity index (χ1n) is 10.3. The molecule has 7 heteroatoms. The molecule has 1 fully saturated rings. The summed E-state index contributed by atoms with van der Waals surface area (Å²) in [5.74, 6) is 0.895. The van der Waals surface area contributed by atoms with Crippen molar-refractivity contribution in [2.45, 2.75) is 58.8 Å². The van der Waals surface area contributed by atoms with Crippen molar-refractivity contribution >= 4 is 29.9 Å². The smallest absolute Gasteiger partial charge is 0.191 e. The van der Waals surface area contributed by atoms with Crippen molar-refractivity contribution in [2.75, 3.05) is 20.1 Å². The van der Waals surface area contributed by atoms with Gasteiger partial charge in [-0.3, -0.25) is 14.6 Å². The van der Waals surface area contributed by atoms with Gasteiger partial charge < -0.3 is 10.6 Å². The quantitative estimate of drug-likeness (QED) is 0.260. The van der Waals surface area contributed by atoms with Gasteiger partial charge in [0.1, 0.15) is 0 Å². The van der Waals surface area contributed by atoms with Crippen LogP contribution < -0.4 is 10.6 Å². The number of hydrogen-bond acceptors (Lipinski definition) is 3. The summed E-state index contributed by atoms with van der Waals surface area (Å²) in [5.41, 5.74) is 3.68. The van der Waals surface area contributed by atoms with Gasteiger partial charge in [-0.15, -0.1) is 24.0 Å². The average molecular weight is 510 g/mol. The molecular formula is C22H35IN6. The van der Waals surface area contributed by atoms with Crippen molar-refractivity contribution in [3.05, 3.63) is 53.3 Å². The molecule has 2 heterocycles. The molecule has 6 nitrogen and oxygen atoms in total. The van der Waals surface area contributed by atoms with Crippen molar-refractivity contribution < 1.29 is 0 Å². The minimum atomic E-state index is 0. The lowest BCUT2D eigenvalue weighted by atomic mass is 10.2. The highest BCUT2D eigenvalue weighted by Crippen LogP contribution is 2.20. The SMILES string of the molecule is CN=C(NCCCn1nc(C)cc1C)NC1CC(C)N(Cc2ccccc2)C1.I. The number of likely N-dealkylation sites (tertiary alicyclic amines) is 1. The number of benzene rings is 1. The third-order valence-corrected chi connectivity index (χ3v) is 5.44. The molecule has 160 valence electrons. The van der Waals surface area contributed by atoms with Crippen molar-refractivity contribution in [3.8, 4) is 0 Å². The normalized spacial score (nSPS) is 19.8. The van der Waals surface area contributed by atoms with E-state index in [0.717, 1.165) is 50.7 Å². The van der Waals surface area contributed by atoms with Crippen molar-refractivity contribution in [2.24, 2.45) is 4.99 Å². The van der Waals surface area contributed by atoms with E-state index < -0.39 is 0 Å². The van der Waals surface area contributed by atoms with Gasteiger partial charge in [0, 0.05) is 51.0 Å². The number of aryl methyl sites for hydroxylation is 3. The molecule has 2 unspecified atom stereocenters. The molecule has 0 amide bonds. The molecule has 1 saturated heterocycles. The number of hydrogen-bond donors (Lipinski definition) is 2. The highest BCUT2D eigenvalue weighted by atomic mass is 127. The number of nitrogens with one attached hydrogen (secondary N) is 2. The Hall–Kier alpha value is -1.61. The number of rotatable bonds is 7. The first-order chi connectivity index (χ1) is 13.5. The Labute approximate surface area is 192 Å². The Morgan fingerprint density at radius 1 is 1.24 bits per heavy atom. The predicted octanol–water partition coefficient (Wildman–Crippen LogP) is 3.34. The van der Waals surface area contributed by atoms with E-state index in [0.29, 0.717) is 12.1 Å². The zero-order valence-electron chi connectivity index (χ0n) is 18.1. The van der Waals surface area contributed by atoms with Crippen LogP contribution in [0.15, 0.2) is 41.4 Å². The first kappa shape index (κ1) is 23.7. The molecule has 2 N–H and O–H groups in total. The number of aromatic nitrogens is 2. The van der Waals surface area contributed by atoms with E-state index in [2.05, 4.69) is 80.6 Å². The standard InChI is InChI=1S/C22H34N6.HI/c1-17-13-19(3)28(26-17)12-8-11-24-22(23-4)25-21-14-18(2)27(16-21)15-20-9-6-5-7-10-20;/h5-7,9-10,13,18,21H,8,11-12,14-16H2,1-4H3,(H2,23,24,25);1H. The summed E-state index contributed by atoms with van der Waals surface area (Å²) in [6.07, 6.45) is 2.16. The van der Waals surface area contributed by atoms with Crippen LogP contribution in [-0.4, -0.2) is 52.9 Å². The molecule has 0 saturated carbocycles. The second-order valence-electron chi connectivity index (χ2n) is 7.84. The number of nitrogens with zero attached hydrogens (tertiary/aromatic N) is 4. The Balaban J connectivity index is 0.00000300. The van der Waals surface area contributed by atoms with Crippen LogP contribution in [0.5, 0.6) is 0 Å². The number of aliphatic imine (C=N–C) groups is 1. The van der Waals surface area contributed by atoms with Gasteiger partial charge in [0.2, 0.25) is 0 Å². The van der Waals surface area contributed by atoms with E-state index in [1.165, 1.54) is 11.3 Å². The second-order valence-corrected chi connectivity index (χ2v) is 7.84. The van der Waals surface area contributed by atoms with Crippen molar-refractivity contribution in [1.29, 1.82) is 0 Å². The third-order valence-electron chi connectivity index (χ3n) is 5.44. The van der Waals surface area contributed by atoms with Crippen LogP contribution in [0.2, 0.25) is 0 Å². The third kappa shape index (κ3) is 6.99. The molecular weight excluding hydrogens is 475 g/mol. The van der Waals surface area contributed by atoms with Crippen LogP contribution in [0.4, 0.5) is 0 Å². The lowest BCUT2D eigenvalue weighted by Gasteiger charge is -2.21. The molecule has 1 aliphatic rings. The first-order valence-corrected chi connectivity index (χ1v) is 10.3. The minimum absolute atomic E-state index is 0. The molecule has 1 aromatic heterocycles. The molecule has 0 radical (unpaired) electrons. The van der Waals surface area contributed by atoms with Crippen LogP contribution in [0.3, 0.4) is 0 Å². The Kier molecular flexibility index (Phi) is 9.42. The van der Waals surface area contributed by atoms with Crippen LogP contribution >= 0.6 is 24.0 Å². The average Bonchev–Trinajstić information content (AvgIpc) is 3.19. The van der Waals surface area contributed by atoms with Gasteiger partial charge in [-0.2, -0.15) is 5.10 Å². The molecule has 0 spiro atoms. The fourth-order valence-corrected chi connectivity index (χ4v) is 3.97. The number of halogens is 1. The van der Waals surface area contributed by atoms with Gasteiger partial charge in [-0.1, -0.05) is 30.3 Å². The summed E-state index contributed by atoms with van der Waals surface area (Å²) in [6.45, 7) is 10.3. The number of guanidine groups is 1. The van der Waals surface area contributed by atoms with Crippen LogP contribution in [0.25, 0.3) is 0 Å². The van der Waals surface area contributed by atoms with E-state index in [1.54, 1.807) is 0 Å². The van der Waals surface area contributed by atoms with Gasteiger partial charge in [-0.25, -0.2) is 0 Å². The summed E-state index contributed by atoms with van der Waals surface area (Å²) >= 11 is 0. The van der Waals surface area contributed by atoms with Crippen LogP contribution in [0, 0.1) is 13.8 Å². The van der Waals surface area contributed by atoms with Gasteiger partial charge in [-0.05, 0) is 45.2 Å². The molecule has 2 aromatic rings. The molecule has 1 aliphatic heterocycles. The Morgan fingerprint density at radius 2 is 2.00 bits per heavy atom. The van der Waals surface area contributed by atoms with Crippen LogP contribution in [-0.2, 0) is 13.1 Å². The van der Waals surface area contributed by atoms with Gasteiger partial charge in [0.15, 0.2) is 5.96 Å². The van der Waals surface area contributed by atoms with E-state index in [9.17, 15) is 0 Å². The summed E-state index contributed by atoms with van der Waals surface area (Å²) in [4.78, 5) is 6.95. The van der Waals surface area contributed by atoms with Gasteiger partial charge >= 0.3 is 0 Å². The fourth-order valence-electron chi connectivity index (χ4n) is 3.97. The molecule has 29 heavy (non-hydrogen) atoms. The van der Waals surface area contributed by atoms with E-state index in [1.807, 2.05) is 14.0 Å². The Bertz CT molecular complexity index is 773. The maximum absolute atomic E-state index is 4.52. The predicted molar refractivity (Wildman–Crippen MR) is 131 cm³/mol. The van der Waals surface area contributed by atoms with Crippen molar-refractivity contribution in [3.63, 3.8) is 0 Å². The Morgan fingerprint density at radius 3 is 2.66 bits per heavy atom. The molecule has 1 aromatic carbocycles. The summed E-state index contributed by atoms with van der Waals surface area (Å²) in [5, 5.41) is 11.6. The summed E-state index contributed by atoms with van der Waals surface area (Å²) in [7, 11) is 1.84. The van der Waals surface area contributed by atoms with Gasteiger partial charge in [0.25, 0.3) is 0 Å². The maximum Gasteiger partial charge on any atom is 0.191 e. The molecule has 0 aliphatic carbocycles. The largest absolute Gasteiger partial charge is 0.356 e. The van der Waals surface area contributed by atoms with E-state index in [4.69, 9.17) is 0 Å². The molecule has 2 atom stereocenters. The highest BCUT2D eigenvalue weighted by Gasteiger charge is 2.29. The topological polar surface area (TPSA) is 57.5 Å². The minimum Gasteiger partial charge on any atom is -0.356 e.